The van der Waals surface area contributed by atoms with E-state index in [0.29, 0.717) is 18.3 Å². The molecule has 10 unspecified atom stereocenters. The van der Waals surface area contributed by atoms with E-state index in [9.17, 15) is 14.4 Å². The number of methoxy groups -OCH3 is 2. The first-order chi connectivity index (χ1) is 16.2. The van der Waals surface area contributed by atoms with Crippen LogP contribution in [0, 0.1) is 52.8 Å². The zero-order valence-corrected chi connectivity index (χ0v) is 21.4. The third-order valence-electron chi connectivity index (χ3n) is 9.79. The summed E-state index contributed by atoms with van der Waals surface area (Å²) in [5.41, 5.74) is -0.873. The molecule has 0 heterocycles. The quantitative estimate of drug-likeness (QED) is 0.189. The lowest BCUT2D eigenvalue weighted by molar-refractivity contribution is -0.170. The van der Waals surface area contributed by atoms with Crippen LogP contribution in [0.5, 0.6) is 0 Å². The zero-order valence-electron chi connectivity index (χ0n) is 21.4. The SMILES string of the molecule is CCC(C)(CC(CC(C)C(=O)OC)C(=O)OC1CC2CC1C1C3CCC(C3)C21)C(=O)OCOC. The van der Waals surface area contributed by atoms with Gasteiger partial charge >= 0.3 is 17.9 Å². The first-order valence-corrected chi connectivity index (χ1v) is 13.2. The molecule has 0 aliphatic heterocycles. The lowest BCUT2D eigenvalue weighted by atomic mass is 9.70. The van der Waals surface area contributed by atoms with E-state index in [4.69, 9.17) is 18.9 Å². The van der Waals surface area contributed by atoms with Crippen molar-refractivity contribution < 1.29 is 33.3 Å². The number of carbonyl (C=O) groups is 3. The maximum atomic E-state index is 13.6. The first-order valence-electron chi connectivity index (χ1n) is 13.2. The van der Waals surface area contributed by atoms with Gasteiger partial charge in [0.15, 0.2) is 6.79 Å². The highest BCUT2D eigenvalue weighted by Gasteiger charge is 2.63. The normalized spacial score (nSPS) is 36.4. The van der Waals surface area contributed by atoms with Gasteiger partial charge < -0.3 is 18.9 Å². The Morgan fingerprint density at radius 3 is 2.32 bits per heavy atom. The minimum Gasteiger partial charge on any atom is -0.469 e. The van der Waals surface area contributed by atoms with Gasteiger partial charge in [0.2, 0.25) is 0 Å². The van der Waals surface area contributed by atoms with Crippen molar-refractivity contribution in [1.82, 2.24) is 0 Å². The highest BCUT2D eigenvalue weighted by Crippen LogP contribution is 2.67. The van der Waals surface area contributed by atoms with Gasteiger partial charge in [-0.3, -0.25) is 14.4 Å². The van der Waals surface area contributed by atoms with Crippen molar-refractivity contribution in [1.29, 1.82) is 0 Å². The molecule has 10 atom stereocenters. The molecule has 0 aromatic carbocycles. The van der Waals surface area contributed by atoms with Crippen molar-refractivity contribution in [2.45, 2.75) is 78.2 Å². The summed E-state index contributed by atoms with van der Waals surface area (Å²) in [6.45, 7) is 5.35. The molecule has 7 heteroatoms. The molecule has 4 bridgehead atoms. The lowest BCUT2D eigenvalue weighted by Gasteiger charge is -2.39. The second kappa shape index (κ2) is 10.2. The summed E-state index contributed by atoms with van der Waals surface area (Å²) in [5.74, 6) is 2.40. The summed E-state index contributed by atoms with van der Waals surface area (Å²) in [7, 11) is 2.82. The monoisotopic (exact) mass is 478 g/mol. The van der Waals surface area contributed by atoms with Crippen LogP contribution in [0.2, 0.25) is 0 Å². The Hall–Kier alpha value is -1.63. The summed E-state index contributed by atoms with van der Waals surface area (Å²) in [6, 6.07) is 0. The predicted molar refractivity (Wildman–Crippen MR) is 124 cm³/mol. The minimum atomic E-state index is -0.873. The topological polar surface area (TPSA) is 88.1 Å². The molecule has 0 radical (unpaired) electrons. The number of hydrogen-bond donors (Lipinski definition) is 0. The molecule has 4 aliphatic rings. The second-order valence-corrected chi connectivity index (χ2v) is 11.7. The van der Waals surface area contributed by atoms with Gasteiger partial charge in [-0.25, -0.2) is 0 Å². The molecule has 0 N–H and O–H groups in total. The highest BCUT2D eigenvalue weighted by molar-refractivity contribution is 5.79. The van der Waals surface area contributed by atoms with Gasteiger partial charge in [-0.1, -0.05) is 13.8 Å². The van der Waals surface area contributed by atoms with Crippen molar-refractivity contribution in [3.63, 3.8) is 0 Å². The molecule has 4 fully saturated rings. The van der Waals surface area contributed by atoms with Gasteiger partial charge in [0.25, 0.3) is 0 Å². The molecular weight excluding hydrogens is 436 g/mol. The van der Waals surface area contributed by atoms with E-state index in [0.717, 1.165) is 30.1 Å². The van der Waals surface area contributed by atoms with Crippen molar-refractivity contribution in [3.05, 3.63) is 0 Å². The van der Waals surface area contributed by atoms with Gasteiger partial charge in [-0.2, -0.15) is 0 Å². The van der Waals surface area contributed by atoms with Crippen LogP contribution in [0.25, 0.3) is 0 Å². The molecule has 7 nitrogen and oxygen atoms in total. The molecule has 0 aromatic heterocycles. The molecule has 192 valence electrons. The van der Waals surface area contributed by atoms with Crippen molar-refractivity contribution in [3.8, 4) is 0 Å². The average molecular weight is 479 g/mol. The molecular formula is C27H42O7. The van der Waals surface area contributed by atoms with Crippen molar-refractivity contribution in [2.75, 3.05) is 21.0 Å². The summed E-state index contributed by atoms with van der Waals surface area (Å²) >= 11 is 0. The number of carbonyl (C=O) groups excluding carboxylic acids is 3. The van der Waals surface area contributed by atoms with Crippen LogP contribution in [-0.2, 0) is 33.3 Å². The third kappa shape index (κ3) is 4.61. The summed E-state index contributed by atoms with van der Waals surface area (Å²) in [6.07, 6.45) is 7.31. The summed E-state index contributed by atoms with van der Waals surface area (Å²) in [5, 5.41) is 0. The maximum Gasteiger partial charge on any atom is 0.313 e. The van der Waals surface area contributed by atoms with E-state index < -0.39 is 23.2 Å². The van der Waals surface area contributed by atoms with Crippen LogP contribution >= 0.6 is 0 Å². The van der Waals surface area contributed by atoms with Crippen LogP contribution in [0.15, 0.2) is 0 Å². The van der Waals surface area contributed by atoms with Gasteiger partial charge in [-0.05, 0) is 93.8 Å². The van der Waals surface area contributed by atoms with Crippen LogP contribution in [0.1, 0.15) is 72.1 Å². The second-order valence-electron chi connectivity index (χ2n) is 11.7. The van der Waals surface area contributed by atoms with Crippen molar-refractivity contribution >= 4 is 17.9 Å². The smallest absolute Gasteiger partial charge is 0.313 e. The number of ether oxygens (including phenoxy) is 4. The van der Waals surface area contributed by atoms with E-state index in [1.807, 2.05) is 13.8 Å². The fourth-order valence-corrected chi connectivity index (χ4v) is 8.08. The molecule has 0 amide bonds. The molecule has 0 saturated heterocycles. The molecule has 34 heavy (non-hydrogen) atoms. The van der Waals surface area contributed by atoms with Gasteiger partial charge in [-0.15, -0.1) is 0 Å². The molecule has 4 rings (SSSR count). The van der Waals surface area contributed by atoms with E-state index in [2.05, 4.69) is 0 Å². The Morgan fingerprint density at radius 2 is 1.68 bits per heavy atom. The summed E-state index contributed by atoms with van der Waals surface area (Å²) < 4.78 is 21.3. The van der Waals surface area contributed by atoms with E-state index in [1.165, 1.54) is 39.9 Å². The van der Waals surface area contributed by atoms with Gasteiger partial charge in [0.05, 0.1) is 24.4 Å². The lowest BCUT2D eigenvalue weighted by Crippen LogP contribution is -2.40. The Labute approximate surface area is 203 Å². The summed E-state index contributed by atoms with van der Waals surface area (Å²) in [4.78, 5) is 38.5. The van der Waals surface area contributed by atoms with Crippen LogP contribution in [0.4, 0.5) is 0 Å². The first kappa shape index (κ1) is 25.5. The Morgan fingerprint density at radius 1 is 0.971 bits per heavy atom. The molecule has 0 spiro atoms. The highest BCUT2D eigenvalue weighted by atomic mass is 16.7. The van der Waals surface area contributed by atoms with Crippen molar-refractivity contribution in [2.24, 2.45) is 52.8 Å². The zero-order chi connectivity index (χ0) is 24.6. The van der Waals surface area contributed by atoms with E-state index >= 15 is 0 Å². The number of hydrogen-bond acceptors (Lipinski definition) is 7. The average Bonchev–Trinajstić information content (AvgIpc) is 3.61. The fourth-order valence-electron chi connectivity index (χ4n) is 8.08. The van der Waals surface area contributed by atoms with E-state index in [-0.39, 0.29) is 37.7 Å². The fraction of sp³-hybridized carbons (Fsp3) is 0.889. The third-order valence-corrected chi connectivity index (χ3v) is 9.79. The maximum absolute atomic E-state index is 13.6. The Balaban J connectivity index is 1.45. The Bertz CT molecular complexity index is 781. The van der Waals surface area contributed by atoms with Gasteiger partial charge in [0.1, 0.15) is 6.10 Å². The van der Waals surface area contributed by atoms with Crippen LogP contribution in [0.3, 0.4) is 0 Å². The van der Waals surface area contributed by atoms with E-state index in [1.54, 1.807) is 6.92 Å². The number of esters is 3. The Kier molecular flexibility index (Phi) is 7.61. The predicted octanol–water partition coefficient (Wildman–Crippen LogP) is 4.37. The number of rotatable bonds is 11. The largest absolute Gasteiger partial charge is 0.469 e. The van der Waals surface area contributed by atoms with Crippen LogP contribution < -0.4 is 0 Å². The minimum absolute atomic E-state index is 0.0256. The standard InChI is InChI=1S/C27H42O7/c1-6-27(3,26(30)33-14-31-4)13-19(9-15(2)24(28)32-5)25(29)34-21-12-18-11-20(21)23-17-8-7-16(10-17)22(18)23/h15-23H,6-14H2,1-5H3. The number of fused-ring (bicyclic) bond motifs is 9. The molecule has 4 aliphatic carbocycles. The van der Waals surface area contributed by atoms with Gasteiger partial charge in [0, 0.05) is 7.11 Å². The van der Waals surface area contributed by atoms with Crippen LogP contribution in [-0.4, -0.2) is 45.0 Å². The molecule has 4 saturated carbocycles. The molecule has 0 aromatic rings.